The van der Waals surface area contributed by atoms with Crippen molar-refractivity contribution in [3.8, 4) is 0 Å². The van der Waals surface area contributed by atoms with Gasteiger partial charge in [-0.1, -0.05) is 36.9 Å². The van der Waals surface area contributed by atoms with Crippen molar-refractivity contribution in [2.75, 3.05) is 0 Å². The summed E-state index contributed by atoms with van der Waals surface area (Å²) < 4.78 is 5.37. The summed E-state index contributed by atoms with van der Waals surface area (Å²) >= 11 is 0. The summed E-state index contributed by atoms with van der Waals surface area (Å²) in [5, 5.41) is 0. The number of hydrogen-bond acceptors (Lipinski definition) is 2. The molecule has 0 saturated heterocycles. The maximum atomic E-state index is 11.1. The lowest BCUT2D eigenvalue weighted by Crippen LogP contribution is -2.35. The van der Waals surface area contributed by atoms with E-state index in [2.05, 4.69) is 18.7 Å². The van der Waals surface area contributed by atoms with Gasteiger partial charge in [-0.05, 0) is 18.7 Å². The van der Waals surface area contributed by atoms with Gasteiger partial charge >= 0.3 is 5.97 Å². The Morgan fingerprint density at radius 2 is 2.00 bits per heavy atom. The van der Waals surface area contributed by atoms with E-state index in [0.29, 0.717) is 0 Å². The van der Waals surface area contributed by atoms with E-state index < -0.39 is 8.32 Å². The van der Waals surface area contributed by atoms with Crippen molar-refractivity contribution >= 4 is 14.3 Å². The zero-order valence-corrected chi connectivity index (χ0v) is 10.2. The fraction of sp³-hybridized carbons (Fsp3) is 0.250. The minimum Gasteiger partial charge on any atom is -0.516 e. The third-order valence-corrected chi connectivity index (χ3v) is 4.03. The second kappa shape index (κ2) is 4.93. The Labute approximate surface area is 91.7 Å². The molecule has 3 heteroatoms. The van der Waals surface area contributed by atoms with Gasteiger partial charge in [-0.25, -0.2) is 4.79 Å². The molecule has 0 N–H and O–H groups in total. The molecule has 1 aromatic carbocycles. The fourth-order valence-electron chi connectivity index (χ4n) is 1.44. The predicted molar refractivity (Wildman–Crippen MR) is 63.9 cm³/mol. The number of hydrogen-bond donors (Lipinski definition) is 0. The van der Waals surface area contributed by atoms with Crippen LogP contribution in [0.25, 0.3) is 0 Å². The minimum absolute atomic E-state index is 0.317. The molecule has 0 unspecified atom stereocenters. The largest absolute Gasteiger partial charge is 0.516 e. The highest BCUT2D eigenvalue weighted by Crippen LogP contribution is 2.13. The zero-order valence-electron chi connectivity index (χ0n) is 9.19. The SMILES string of the molecule is C=CC(=O)O[Si](C)(C)Cc1ccccc1. The van der Waals surface area contributed by atoms with Crippen molar-refractivity contribution in [2.24, 2.45) is 0 Å². The molecule has 1 rings (SSSR count). The summed E-state index contributed by atoms with van der Waals surface area (Å²) in [4.78, 5) is 11.1. The van der Waals surface area contributed by atoms with Crippen LogP contribution in [0.1, 0.15) is 5.56 Å². The van der Waals surface area contributed by atoms with Gasteiger partial charge in [-0.15, -0.1) is 0 Å². The Morgan fingerprint density at radius 3 is 2.53 bits per heavy atom. The van der Waals surface area contributed by atoms with Crippen LogP contribution in [0, 0.1) is 0 Å². The third-order valence-electron chi connectivity index (χ3n) is 2.02. The Bertz CT molecular complexity index is 344. The molecule has 0 aliphatic carbocycles. The van der Waals surface area contributed by atoms with Crippen LogP contribution in [0.5, 0.6) is 0 Å². The summed E-state index contributed by atoms with van der Waals surface area (Å²) in [7, 11) is -1.95. The van der Waals surface area contributed by atoms with Crippen LogP contribution in [-0.4, -0.2) is 14.3 Å². The van der Waals surface area contributed by atoms with Crippen LogP contribution < -0.4 is 0 Å². The van der Waals surface area contributed by atoms with E-state index in [0.717, 1.165) is 6.04 Å². The number of carbonyl (C=O) groups is 1. The molecule has 0 aliphatic heterocycles. The molecule has 0 bridgehead atoms. The monoisotopic (exact) mass is 220 g/mol. The standard InChI is InChI=1S/C12H16O2Si/c1-4-12(13)14-15(2,3)10-11-8-6-5-7-9-11/h4-9H,1,10H2,2-3H3. The minimum atomic E-state index is -1.95. The Hall–Kier alpha value is -1.35. The van der Waals surface area contributed by atoms with Crippen LogP contribution in [0.3, 0.4) is 0 Å². The van der Waals surface area contributed by atoms with Gasteiger partial charge in [0.05, 0.1) is 0 Å². The maximum Gasteiger partial charge on any atom is 0.316 e. The quantitative estimate of drug-likeness (QED) is 0.576. The molecule has 0 saturated carbocycles. The molecule has 0 aromatic heterocycles. The van der Waals surface area contributed by atoms with Crippen LogP contribution in [0.15, 0.2) is 43.0 Å². The first-order valence-corrected chi connectivity index (χ1v) is 8.04. The Balaban J connectivity index is 2.64. The second-order valence-corrected chi connectivity index (χ2v) is 8.12. The molecule has 2 nitrogen and oxygen atoms in total. The molecule has 0 heterocycles. The molecule has 0 amide bonds. The van der Waals surface area contributed by atoms with Gasteiger partial charge in [0.25, 0.3) is 8.32 Å². The molecule has 0 radical (unpaired) electrons. The van der Waals surface area contributed by atoms with E-state index in [-0.39, 0.29) is 5.97 Å². The average molecular weight is 220 g/mol. The van der Waals surface area contributed by atoms with Crippen molar-refractivity contribution in [1.82, 2.24) is 0 Å². The highest BCUT2D eigenvalue weighted by atomic mass is 28.4. The van der Waals surface area contributed by atoms with E-state index >= 15 is 0 Å². The molecule has 0 fully saturated rings. The van der Waals surface area contributed by atoms with Gasteiger partial charge in [0.15, 0.2) is 0 Å². The molecule has 80 valence electrons. The molecular weight excluding hydrogens is 204 g/mol. The first kappa shape index (κ1) is 11.7. The zero-order chi connectivity index (χ0) is 11.3. The molecule has 0 aliphatic rings. The topological polar surface area (TPSA) is 26.3 Å². The van der Waals surface area contributed by atoms with Gasteiger partial charge in [-0.2, -0.15) is 0 Å². The predicted octanol–water partition coefficient (Wildman–Crippen LogP) is 2.70. The lowest BCUT2D eigenvalue weighted by Gasteiger charge is -2.21. The highest BCUT2D eigenvalue weighted by molar-refractivity contribution is 6.72. The summed E-state index contributed by atoms with van der Waals surface area (Å²) in [5.74, 6) is -0.317. The highest BCUT2D eigenvalue weighted by Gasteiger charge is 2.26. The van der Waals surface area contributed by atoms with E-state index in [1.807, 2.05) is 31.3 Å². The first-order valence-electron chi connectivity index (χ1n) is 4.93. The van der Waals surface area contributed by atoms with Gasteiger partial charge in [0.1, 0.15) is 0 Å². The Kier molecular flexibility index (Phi) is 3.86. The summed E-state index contributed by atoms with van der Waals surface area (Å²) in [5.41, 5.74) is 1.21. The van der Waals surface area contributed by atoms with Crippen molar-refractivity contribution in [3.05, 3.63) is 48.6 Å². The van der Waals surface area contributed by atoms with Gasteiger partial charge < -0.3 is 4.43 Å². The maximum absolute atomic E-state index is 11.1. The number of carbonyl (C=O) groups excluding carboxylic acids is 1. The first-order chi connectivity index (χ1) is 7.03. The van der Waals surface area contributed by atoms with Gasteiger partial charge in [-0.3, -0.25) is 0 Å². The molecule has 0 atom stereocenters. The normalized spacial score (nSPS) is 10.8. The van der Waals surface area contributed by atoms with Gasteiger partial charge in [0, 0.05) is 12.1 Å². The Morgan fingerprint density at radius 1 is 1.40 bits per heavy atom. The van der Waals surface area contributed by atoms with Crippen LogP contribution in [0.2, 0.25) is 13.1 Å². The summed E-state index contributed by atoms with van der Waals surface area (Å²) in [6.45, 7) is 7.46. The van der Waals surface area contributed by atoms with Crippen molar-refractivity contribution < 1.29 is 9.22 Å². The molecular formula is C12H16O2Si. The molecule has 15 heavy (non-hydrogen) atoms. The van der Waals surface area contributed by atoms with E-state index in [9.17, 15) is 4.79 Å². The molecule has 0 spiro atoms. The lowest BCUT2D eigenvalue weighted by atomic mass is 10.2. The summed E-state index contributed by atoms with van der Waals surface area (Å²) in [6, 6.07) is 10.9. The van der Waals surface area contributed by atoms with Crippen LogP contribution in [0.4, 0.5) is 0 Å². The van der Waals surface area contributed by atoms with Crippen molar-refractivity contribution in [2.45, 2.75) is 19.1 Å². The molecule has 1 aromatic rings. The van der Waals surface area contributed by atoms with E-state index in [1.165, 1.54) is 11.6 Å². The third kappa shape index (κ3) is 4.12. The van der Waals surface area contributed by atoms with E-state index in [1.54, 1.807) is 0 Å². The van der Waals surface area contributed by atoms with Crippen LogP contribution in [-0.2, 0) is 15.3 Å². The van der Waals surface area contributed by atoms with Gasteiger partial charge in [0.2, 0.25) is 0 Å². The smallest absolute Gasteiger partial charge is 0.316 e. The van der Waals surface area contributed by atoms with Crippen molar-refractivity contribution in [3.63, 3.8) is 0 Å². The fourth-order valence-corrected chi connectivity index (χ4v) is 3.36. The lowest BCUT2D eigenvalue weighted by molar-refractivity contribution is -0.129. The number of benzene rings is 1. The van der Waals surface area contributed by atoms with Crippen LogP contribution >= 0.6 is 0 Å². The number of rotatable bonds is 4. The summed E-state index contributed by atoms with van der Waals surface area (Å²) in [6.07, 6.45) is 1.22. The van der Waals surface area contributed by atoms with Crippen molar-refractivity contribution in [1.29, 1.82) is 0 Å². The average Bonchev–Trinajstić information content (AvgIpc) is 2.17. The second-order valence-electron chi connectivity index (χ2n) is 4.05. The van der Waals surface area contributed by atoms with E-state index in [4.69, 9.17) is 4.43 Å².